The lowest BCUT2D eigenvalue weighted by atomic mass is 9.97. The van der Waals surface area contributed by atoms with Crippen molar-refractivity contribution in [1.29, 1.82) is 0 Å². The average molecular weight is 458 g/mol. The van der Waals surface area contributed by atoms with Crippen molar-refractivity contribution in [2.45, 2.75) is 25.7 Å². The number of nitrogens with zero attached hydrogens (tertiary/aromatic N) is 3. The molecule has 3 heterocycles. The molecule has 1 saturated heterocycles. The van der Waals surface area contributed by atoms with Gasteiger partial charge in [-0.2, -0.15) is 0 Å². The zero-order valence-electron chi connectivity index (χ0n) is 19.2. The van der Waals surface area contributed by atoms with Crippen LogP contribution < -0.4 is 14.8 Å². The molecule has 2 amide bonds. The van der Waals surface area contributed by atoms with E-state index in [4.69, 9.17) is 14.5 Å². The number of piperidine rings is 1. The van der Waals surface area contributed by atoms with Crippen molar-refractivity contribution in [3.05, 3.63) is 72.2 Å². The predicted molar refractivity (Wildman–Crippen MR) is 131 cm³/mol. The zero-order chi connectivity index (χ0) is 23.5. The number of ether oxygens (including phenoxy) is 2. The van der Waals surface area contributed by atoms with E-state index in [1.165, 1.54) is 0 Å². The minimum absolute atomic E-state index is 0.142. The van der Waals surface area contributed by atoms with Crippen molar-refractivity contribution in [2.75, 3.05) is 25.5 Å². The number of rotatable bonds is 5. The fraction of sp³-hybridized carbons (Fsp3) is 0.269. The van der Waals surface area contributed by atoms with E-state index < -0.39 is 0 Å². The second kappa shape index (κ2) is 9.43. The number of carbonyl (C=O) groups is 1. The number of aromatic amines is 1. The van der Waals surface area contributed by atoms with E-state index in [0.29, 0.717) is 36.2 Å². The molecule has 2 aromatic heterocycles. The van der Waals surface area contributed by atoms with Crippen LogP contribution in [0.4, 0.5) is 10.5 Å². The molecule has 0 saturated carbocycles. The molecule has 34 heavy (non-hydrogen) atoms. The number of para-hydroxylation sites is 2. The number of hydrogen-bond donors (Lipinski definition) is 2. The smallest absolute Gasteiger partial charge is 0.321 e. The molecule has 0 spiro atoms. The first kappa shape index (κ1) is 21.8. The molecule has 5 rings (SSSR count). The highest BCUT2D eigenvalue weighted by Crippen LogP contribution is 2.32. The summed E-state index contributed by atoms with van der Waals surface area (Å²) in [4.78, 5) is 27.2. The molecule has 0 aliphatic carbocycles. The van der Waals surface area contributed by atoms with E-state index >= 15 is 0 Å². The Morgan fingerprint density at radius 2 is 2.03 bits per heavy atom. The maximum atomic E-state index is 12.9. The normalized spacial score (nSPS) is 15.8. The van der Waals surface area contributed by atoms with Crippen LogP contribution in [0.1, 0.15) is 30.1 Å². The first-order chi connectivity index (χ1) is 16.6. The number of pyridine rings is 1. The van der Waals surface area contributed by atoms with E-state index in [-0.39, 0.29) is 11.9 Å². The van der Waals surface area contributed by atoms with Crippen LogP contribution in [0.2, 0.25) is 0 Å². The average Bonchev–Trinajstić information content (AvgIpc) is 3.31. The van der Waals surface area contributed by atoms with Crippen molar-refractivity contribution in [2.24, 2.45) is 0 Å². The van der Waals surface area contributed by atoms with Crippen LogP contribution >= 0.6 is 0 Å². The number of anilines is 1. The van der Waals surface area contributed by atoms with Gasteiger partial charge in [-0.1, -0.05) is 18.2 Å². The summed E-state index contributed by atoms with van der Waals surface area (Å²) in [6, 6.07) is 17.1. The fourth-order valence-electron chi connectivity index (χ4n) is 4.24. The number of nitrogens with one attached hydrogen (secondary N) is 2. The van der Waals surface area contributed by atoms with Crippen molar-refractivity contribution in [3.63, 3.8) is 0 Å². The van der Waals surface area contributed by atoms with Gasteiger partial charge in [-0.05, 0) is 55.7 Å². The summed E-state index contributed by atoms with van der Waals surface area (Å²) in [7, 11) is 1.60. The van der Waals surface area contributed by atoms with Gasteiger partial charge >= 0.3 is 6.03 Å². The lowest BCUT2D eigenvalue weighted by molar-refractivity contribution is 0.191. The third-order valence-electron chi connectivity index (χ3n) is 6.02. The Hall–Kier alpha value is -4.07. The SMILES string of the molecule is COc1cc(C)ccc1Oc1ccc(NC(=O)N2CCCC(c3nc4ccccc4[nH]3)C2)cn1. The summed E-state index contributed by atoms with van der Waals surface area (Å²) < 4.78 is 11.2. The first-order valence-corrected chi connectivity index (χ1v) is 11.4. The number of likely N-dealkylation sites (tertiary alicyclic amines) is 1. The van der Waals surface area contributed by atoms with Crippen molar-refractivity contribution < 1.29 is 14.3 Å². The number of amides is 2. The van der Waals surface area contributed by atoms with Crippen molar-refractivity contribution >= 4 is 22.8 Å². The van der Waals surface area contributed by atoms with E-state index in [2.05, 4.69) is 15.3 Å². The van der Waals surface area contributed by atoms with Crippen LogP contribution in [0, 0.1) is 6.92 Å². The predicted octanol–water partition coefficient (Wildman–Crippen LogP) is 5.48. The molecule has 1 atom stereocenters. The molecule has 174 valence electrons. The van der Waals surface area contributed by atoms with Crippen molar-refractivity contribution in [3.8, 4) is 17.4 Å². The standard InChI is InChI=1S/C26H27N5O3/c1-17-9-11-22(23(14-17)33-2)34-24-12-10-19(15-27-24)28-26(32)31-13-5-6-18(16-31)25-29-20-7-3-4-8-21(20)30-25/h3-4,7-12,14-15,18H,5-6,13,16H2,1-2H3,(H,28,32)(H,29,30). The maximum absolute atomic E-state index is 12.9. The van der Waals surface area contributed by atoms with E-state index in [0.717, 1.165) is 35.3 Å². The van der Waals surface area contributed by atoms with Crippen LogP contribution in [0.15, 0.2) is 60.8 Å². The summed E-state index contributed by atoms with van der Waals surface area (Å²) in [5.74, 6) is 2.77. The summed E-state index contributed by atoms with van der Waals surface area (Å²) in [5.41, 5.74) is 3.67. The van der Waals surface area contributed by atoms with Crippen LogP contribution in [0.25, 0.3) is 11.0 Å². The number of urea groups is 1. The van der Waals surface area contributed by atoms with Crippen LogP contribution in [-0.2, 0) is 0 Å². The number of hydrogen-bond acceptors (Lipinski definition) is 5. The molecule has 2 N–H and O–H groups in total. The van der Waals surface area contributed by atoms with Gasteiger partial charge in [0.15, 0.2) is 11.5 Å². The maximum Gasteiger partial charge on any atom is 0.321 e. The Balaban J connectivity index is 1.21. The van der Waals surface area contributed by atoms with Gasteiger partial charge in [-0.3, -0.25) is 0 Å². The third-order valence-corrected chi connectivity index (χ3v) is 6.02. The Labute approximate surface area is 197 Å². The Morgan fingerprint density at radius 3 is 2.82 bits per heavy atom. The third kappa shape index (κ3) is 4.66. The Bertz CT molecular complexity index is 1270. The number of H-pyrrole nitrogens is 1. The molecule has 0 bridgehead atoms. The second-order valence-electron chi connectivity index (χ2n) is 8.50. The molecule has 2 aromatic carbocycles. The van der Waals surface area contributed by atoms with Gasteiger partial charge in [0.25, 0.3) is 0 Å². The molecule has 8 nitrogen and oxygen atoms in total. The second-order valence-corrected chi connectivity index (χ2v) is 8.50. The van der Waals surface area contributed by atoms with Gasteiger partial charge < -0.3 is 24.7 Å². The minimum atomic E-state index is -0.142. The van der Waals surface area contributed by atoms with Gasteiger partial charge in [0, 0.05) is 25.1 Å². The fourth-order valence-corrected chi connectivity index (χ4v) is 4.24. The number of methoxy groups -OCH3 is 1. The monoisotopic (exact) mass is 457 g/mol. The number of fused-ring (bicyclic) bond motifs is 1. The molecule has 0 radical (unpaired) electrons. The largest absolute Gasteiger partial charge is 0.493 e. The highest BCUT2D eigenvalue weighted by atomic mass is 16.5. The van der Waals surface area contributed by atoms with Crippen LogP contribution in [0.5, 0.6) is 17.4 Å². The van der Waals surface area contributed by atoms with Gasteiger partial charge in [0.1, 0.15) is 5.82 Å². The zero-order valence-corrected chi connectivity index (χ0v) is 19.2. The number of benzene rings is 2. The molecule has 4 aromatic rings. The summed E-state index contributed by atoms with van der Waals surface area (Å²) in [5, 5.41) is 2.94. The van der Waals surface area contributed by atoms with E-state index in [1.54, 1.807) is 25.4 Å². The van der Waals surface area contributed by atoms with Gasteiger partial charge in [-0.15, -0.1) is 0 Å². The Morgan fingerprint density at radius 1 is 1.15 bits per heavy atom. The molecule has 1 aliphatic rings. The quantitative estimate of drug-likeness (QED) is 0.414. The summed E-state index contributed by atoms with van der Waals surface area (Å²) >= 11 is 0. The van der Waals surface area contributed by atoms with Gasteiger partial charge in [0.2, 0.25) is 5.88 Å². The first-order valence-electron chi connectivity index (χ1n) is 11.4. The van der Waals surface area contributed by atoms with Crippen molar-refractivity contribution in [1.82, 2.24) is 19.9 Å². The Kier molecular flexibility index (Phi) is 6.03. The molecular formula is C26H27N5O3. The summed E-state index contributed by atoms with van der Waals surface area (Å²) in [6.07, 6.45) is 3.52. The number of imidazole rings is 1. The molecule has 1 fully saturated rings. The van der Waals surface area contributed by atoms with Gasteiger partial charge in [-0.25, -0.2) is 14.8 Å². The van der Waals surface area contributed by atoms with Crippen LogP contribution in [0.3, 0.4) is 0 Å². The van der Waals surface area contributed by atoms with Crippen LogP contribution in [-0.4, -0.2) is 46.1 Å². The molecular weight excluding hydrogens is 430 g/mol. The number of aromatic nitrogens is 3. The lowest BCUT2D eigenvalue weighted by Gasteiger charge is -2.31. The highest BCUT2D eigenvalue weighted by molar-refractivity contribution is 5.89. The van der Waals surface area contributed by atoms with E-state index in [9.17, 15) is 4.79 Å². The number of carbonyl (C=O) groups excluding carboxylic acids is 1. The summed E-state index contributed by atoms with van der Waals surface area (Å²) in [6.45, 7) is 3.32. The number of aryl methyl sites for hydroxylation is 1. The highest BCUT2D eigenvalue weighted by Gasteiger charge is 2.27. The topological polar surface area (TPSA) is 92.4 Å². The van der Waals surface area contributed by atoms with Gasteiger partial charge in [0.05, 0.1) is 30.0 Å². The molecule has 1 unspecified atom stereocenters. The van der Waals surface area contributed by atoms with E-state index in [1.807, 2.05) is 54.3 Å². The molecule has 8 heteroatoms. The molecule has 1 aliphatic heterocycles. The minimum Gasteiger partial charge on any atom is -0.493 e. The lowest BCUT2D eigenvalue weighted by Crippen LogP contribution is -2.41.